The number of carbonyl (C=O) groups excluding carboxylic acids is 1. The summed E-state index contributed by atoms with van der Waals surface area (Å²) in [6, 6.07) is 12.6. The molecule has 0 spiro atoms. The lowest BCUT2D eigenvalue weighted by atomic mass is 9.89. The van der Waals surface area contributed by atoms with Crippen LogP contribution in [0.1, 0.15) is 31.2 Å². The van der Waals surface area contributed by atoms with Crippen molar-refractivity contribution >= 4 is 5.91 Å². The summed E-state index contributed by atoms with van der Waals surface area (Å²) < 4.78 is 25.1. The van der Waals surface area contributed by atoms with Crippen molar-refractivity contribution in [2.75, 3.05) is 26.8 Å². The van der Waals surface area contributed by atoms with Crippen molar-refractivity contribution < 1.29 is 18.7 Å². The molecule has 2 aliphatic heterocycles. The number of rotatable bonds is 6. The van der Waals surface area contributed by atoms with Gasteiger partial charge in [-0.2, -0.15) is 0 Å². The normalized spacial score (nSPS) is 22.1. The van der Waals surface area contributed by atoms with Crippen LogP contribution in [0.5, 0.6) is 5.75 Å². The minimum atomic E-state index is -0.803. The molecule has 1 unspecified atom stereocenters. The van der Waals surface area contributed by atoms with Crippen LogP contribution in [-0.2, 0) is 16.0 Å². The summed E-state index contributed by atoms with van der Waals surface area (Å²) >= 11 is 0. The van der Waals surface area contributed by atoms with Crippen molar-refractivity contribution in [2.45, 2.75) is 43.7 Å². The highest BCUT2D eigenvalue weighted by atomic mass is 19.1. The second kappa shape index (κ2) is 9.14. The molecule has 2 saturated heterocycles. The fourth-order valence-corrected chi connectivity index (χ4v) is 4.42. The first kappa shape index (κ1) is 20.8. The molecule has 5 nitrogen and oxygen atoms in total. The highest BCUT2D eigenvalue weighted by Gasteiger charge is 2.43. The Morgan fingerprint density at radius 1 is 1.23 bits per heavy atom. The molecule has 0 aromatic heterocycles. The zero-order valence-corrected chi connectivity index (χ0v) is 17.4. The number of ether oxygens (including phenoxy) is 2. The van der Waals surface area contributed by atoms with Crippen molar-refractivity contribution in [1.82, 2.24) is 10.6 Å². The summed E-state index contributed by atoms with van der Waals surface area (Å²) in [7, 11) is 1.58. The van der Waals surface area contributed by atoms with Gasteiger partial charge in [0.1, 0.15) is 11.6 Å². The van der Waals surface area contributed by atoms with Gasteiger partial charge >= 0.3 is 0 Å². The minimum Gasteiger partial charge on any atom is -0.496 e. The molecule has 0 saturated carbocycles. The van der Waals surface area contributed by atoms with Gasteiger partial charge in [0.2, 0.25) is 0 Å². The Bertz CT molecular complexity index is 873. The van der Waals surface area contributed by atoms with Gasteiger partial charge in [0, 0.05) is 24.6 Å². The van der Waals surface area contributed by atoms with E-state index in [1.54, 1.807) is 13.2 Å². The molecular formula is C24H29FN2O3. The van der Waals surface area contributed by atoms with E-state index in [9.17, 15) is 9.18 Å². The Labute approximate surface area is 177 Å². The van der Waals surface area contributed by atoms with Crippen LogP contribution in [0.2, 0.25) is 0 Å². The Kier molecular flexibility index (Phi) is 6.35. The monoisotopic (exact) mass is 412 g/mol. The van der Waals surface area contributed by atoms with Crippen LogP contribution in [-0.4, -0.2) is 44.4 Å². The zero-order chi connectivity index (χ0) is 21.0. The standard InChI is InChI=1S/C24H29FN2O3/c1-29-22-8-7-19(25)15-21(22)18-5-3-17(4-6-18)16-24(11-2-14-30-24)23(28)27-20-9-12-26-13-10-20/h3-8,15,20,26H,2,9-14,16H2,1H3,(H,27,28). The van der Waals surface area contributed by atoms with E-state index in [-0.39, 0.29) is 17.8 Å². The Hall–Kier alpha value is -2.44. The molecule has 30 heavy (non-hydrogen) atoms. The molecule has 2 heterocycles. The van der Waals surface area contributed by atoms with Gasteiger partial charge in [-0.1, -0.05) is 24.3 Å². The van der Waals surface area contributed by atoms with Gasteiger partial charge < -0.3 is 20.1 Å². The smallest absolute Gasteiger partial charge is 0.252 e. The van der Waals surface area contributed by atoms with Crippen molar-refractivity contribution in [3.05, 3.63) is 53.8 Å². The number of methoxy groups -OCH3 is 1. The van der Waals surface area contributed by atoms with Crippen LogP contribution < -0.4 is 15.4 Å². The zero-order valence-electron chi connectivity index (χ0n) is 17.4. The quantitative estimate of drug-likeness (QED) is 0.763. The number of amides is 1. The van der Waals surface area contributed by atoms with E-state index < -0.39 is 5.60 Å². The Balaban J connectivity index is 1.50. The first-order valence-corrected chi connectivity index (χ1v) is 10.7. The Morgan fingerprint density at radius 3 is 2.67 bits per heavy atom. The highest BCUT2D eigenvalue weighted by Crippen LogP contribution is 2.33. The number of halogens is 1. The predicted molar refractivity (Wildman–Crippen MR) is 114 cm³/mol. The topological polar surface area (TPSA) is 59.6 Å². The van der Waals surface area contributed by atoms with E-state index in [0.717, 1.165) is 49.9 Å². The highest BCUT2D eigenvalue weighted by molar-refractivity contribution is 5.86. The molecule has 0 bridgehead atoms. The molecule has 6 heteroatoms. The van der Waals surface area contributed by atoms with Crippen LogP contribution in [0.3, 0.4) is 0 Å². The number of hydrogen-bond acceptors (Lipinski definition) is 4. The third kappa shape index (κ3) is 4.50. The first-order chi connectivity index (χ1) is 14.6. The van der Waals surface area contributed by atoms with Crippen molar-refractivity contribution in [2.24, 2.45) is 0 Å². The Morgan fingerprint density at radius 2 is 2.00 bits per heavy atom. The number of carbonyl (C=O) groups is 1. The molecule has 2 N–H and O–H groups in total. The van der Waals surface area contributed by atoms with Gasteiger partial charge in [-0.05, 0) is 68.1 Å². The lowest BCUT2D eigenvalue weighted by Crippen LogP contribution is -2.53. The van der Waals surface area contributed by atoms with E-state index >= 15 is 0 Å². The van der Waals surface area contributed by atoms with Crippen molar-refractivity contribution in [3.8, 4) is 16.9 Å². The lowest BCUT2D eigenvalue weighted by Gasteiger charge is -2.31. The molecule has 1 amide bonds. The third-order valence-corrected chi connectivity index (χ3v) is 6.11. The number of piperidine rings is 1. The minimum absolute atomic E-state index is 0.00257. The molecule has 0 aliphatic carbocycles. The van der Waals surface area contributed by atoms with E-state index in [1.165, 1.54) is 12.1 Å². The van der Waals surface area contributed by atoms with Crippen LogP contribution in [0.4, 0.5) is 4.39 Å². The molecule has 160 valence electrons. The van der Waals surface area contributed by atoms with Gasteiger partial charge in [-0.25, -0.2) is 4.39 Å². The second-order valence-electron chi connectivity index (χ2n) is 8.16. The van der Waals surface area contributed by atoms with Crippen LogP contribution in [0.15, 0.2) is 42.5 Å². The molecule has 2 aliphatic rings. The van der Waals surface area contributed by atoms with Gasteiger partial charge in [0.05, 0.1) is 7.11 Å². The first-order valence-electron chi connectivity index (χ1n) is 10.7. The summed E-state index contributed by atoms with van der Waals surface area (Å²) in [6.07, 6.45) is 4.05. The summed E-state index contributed by atoms with van der Waals surface area (Å²) in [6.45, 7) is 2.48. The fraction of sp³-hybridized carbons (Fsp3) is 0.458. The summed E-state index contributed by atoms with van der Waals surface area (Å²) in [5.74, 6) is 0.326. The van der Waals surface area contributed by atoms with Crippen LogP contribution in [0, 0.1) is 5.82 Å². The van der Waals surface area contributed by atoms with E-state index in [4.69, 9.17) is 9.47 Å². The number of benzene rings is 2. The maximum absolute atomic E-state index is 13.7. The van der Waals surface area contributed by atoms with Gasteiger partial charge in [0.25, 0.3) is 5.91 Å². The van der Waals surface area contributed by atoms with Gasteiger partial charge in [-0.3, -0.25) is 4.79 Å². The van der Waals surface area contributed by atoms with Crippen LogP contribution >= 0.6 is 0 Å². The molecule has 1 atom stereocenters. The van der Waals surface area contributed by atoms with E-state index in [2.05, 4.69) is 10.6 Å². The third-order valence-electron chi connectivity index (χ3n) is 6.11. The summed E-state index contributed by atoms with van der Waals surface area (Å²) in [5.41, 5.74) is 1.80. The van der Waals surface area contributed by atoms with Crippen LogP contribution in [0.25, 0.3) is 11.1 Å². The maximum Gasteiger partial charge on any atom is 0.252 e. The summed E-state index contributed by atoms with van der Waals surface area (Å²) in [4.78, 5) is 13.1. The molecule has 2 aromatic carbocycles. The van der Waals surface area contributed by atoms with E-state index in [0.29, 0.717) is 24.3 Å². The maximum atomic E-state index is 13.7. The number of hydrogen-bond donors (Lipinski definition) is 2. The molecule has 0 radical (unpaired) electrons. The van der Waals surface area contributed by atoms with Crippen molar-refractivity contribution in [3.63, 3.8) is 0 Å². The van der Waals surface area contributed by atoms with Crippen molar-refractivity contribution in [1.29, 1.82) is 0 Å². The average Bonchev–Trinajstić information content (AvgIpc) is 3.25. The molecule has 2 aromatic rings. The molecule has 4 rings (SSSR count). The lowest BCUT2D eigenvalue weighted by molar-refractivity contribution is -0.142. The largest absolute Gasteiger partial charge is 0.496 e. The second-order valence-corrected chi connectivity index (χ2v) is 8.16. The fourth-order valence-electron chi connectivity index (χ4n) is 4.42. The molecule has 2 fully saturated rings. The summed E-state index contributed by atoms with van der Waals surface area (Å²) in [5, 5.41) is 6.54. The SMILES string of the molecule is COc1ccc(F)cc1-c1ccc(CC2(C(=O)NC3CCNCC3)CCCO2)cc1. The van der Waals surface area contributed by atoms with Gasteiger partial charge in [0.15, 0.2) is 5.60 Å². The average molecular weight is 413 g/mol. The predicted octanol–water partition coefficient (Wildman–Crippen LogP) is 3.46. The van der Waals surface area contributed by atoms with Gasteiger partial charge in [-0.15, -0.1) is 0 Å². The van der Waals surface area contributed by atoms with E-state index in [1.807, 2.05) is 24.3 Å². The number of nitrogens with one attached hydrogen (secondary N) is 2. The molecular weight excluding hydrogens is 383 g/mol.